The molecule has 0 radical (unpaired) electrons. The van der Waals surface area contributed by atoms with E-state index >= 15 is 0 Å². The Balaban J connectivity index is 1.66. The summed E-state index contributed by atoms with van der Waals surface area (Å²) in [6.07, 6.45) is 6.14. The third kappa shape index (κ3) is 3.81. The van der Waals surface area contributed by atoms with Gasteiger partial charge in [-0.2, -0.15) is 0 Å². The molecule has 4 aromatic rings. The highest BCUT2D eigenvalue weighted by molar-refractivity contribution is 6.08. The highest BCUT2D eigenvalue weighted by Gasteiger charge is 2.16. The Morgan fingerprint density at radius 2 is 2.00 bits per heavy atom. The van der Waals surface area contributed by atoms with E-state index in [1.165, 1.54) is 44.8 Å². The average molecular weight is 394 g/mol. The van der Waals surface area contributed by atoms with Crippen molar-refractivity contribution >= 4 is 17.4 Å². The van der Waals surface area contributed by atoms with Gasteiger partial charge in [-0.25, -0.2) is 9.37 Å². The van der Waals surface area contributed by atoms with Gasteiger partial charge in [0, 0.05) is 6.07 Å². The van der Waals surface area contributed by atoms with Crippen LogP contribution in [0, 0.1) is 12.7 Å². The lowest BCUT2D eigenvalue weighted by molar-refractivity contribution is 0.102. The fourth-order valence-electron chi connectivity index (χ4n) is 2.63. The zero-order valence-corrected chi connectivity index (χ0v) is 15.5. The van der Waals surface area contributed by atoms with Gasteiger partial charge in [-0.1, -0.05) is 0 Å². The number of carbonyl (C=O) groups is 1. The first-order valence-electron chi connectivity index (χ1n) is 8.48. The molecular weight excluding hydrogens is 379 g/mol. The number of methoxy groups -OCH3 is 1. The highest BCUT2D eigenvalue weighted by atomic mass is 19.1. The Hall–Kier alpha value is -4.08. The monoisotopic (exact) mass is 394 g/mol. The van der Waals surface area contributed by atoms with Gasteiger partial charge in [0.15, 0.2) is 5.65 Å². The fourth-order valence-corrected chi connectivity index (χ4v) is 2.63. The summed E-state index contributed by atoms with van der Waals surface area (Å²) in [6, 6.07) is 5.80. The van der Waals surface area contributed by atoms with E-state index in [2.05, 4.69) is 25.5 Å². The third-order valence-electron chi connectivity index (χ3n) is 4.03. The third-order valence-corrected chi connectivity index (χ3v) is 4.03. The van der Waals surface area contributed by atoms with Gasteiger partial charge in [-0.05, 0) is 25.1 Å². The summed E-state index contributed by atoms with van der Waals surface area (Å²) in [6.45, 7) is 1.51. The first kappa shape index (κ1) is 18.3. The van der Waals surface area contributed by atoms with Crippen LogP contribution in [-0.2, 0) is 0 Å². The molecule has 0 atom stereocenters. The van der Waals surface area contributed by atoms with Crippen LogP contribution in [0.1, 0.15) is 16.1 Å². The molecule has 0 fully saturated rings. The number of pyridine rings is 3. The molecule has 0 aliphatic carbocycles. The molecule has 4 rings (SSSR count). The molecule has 29 heavy (non-hydrogen) atoms. The van der Waals surface area contributed by atoms with Gasteiger partial charge >= 0.3 is 0 Å². The second-order valence-corrected chi connectivity index (χ2v) is 6.03. The van der Waals surface area contributed by atoms with E-state index in [0.29, 0.717) is 22.9 Å². The van der Waals surface area contributed by atoms with Crippen molar-refractivity contribution in [2.45, 2.75) is 6.92 Å². The normalized spacial score (nSPS) is 10.7. The molecule has 0 spiro atoms. The molecule has 0 aliphatic heterocycles. The van der Waals surface area contributed by atoms with Gasteiger partial charge in [0.25, 0.3) is 5.91 Å². The second kappa shape index (κ2) is 7.50. The summed E-state index contributed by atoms with van der Waals surface area (Å²) < 4.78 is 25.9. The van der Waals surface area contributed by atoms with Gasteiger partial charge < -0.3 is 14.8 Å². The average Bonchev–Trinajstić information content (AvgIpc) is 3.19. The largest absolute Gasteiger partial charge is 0.495 e. The molecule has 0 aromatic carbocycles. The number of aryl methyl sites for hydroxylation is 1. The van der Waals surface area contributed by atoms with Crippen molar-refractivity contribution in [1.82, 2.24) is 24.6 Å². The fraction of sp³-hybridized carbons (Fsp3) is 0.105. The van der Waals surface area contributed by atoms with Crippen molar-refractivity contribution in [2.75, 3.05) is 12.4 Å². The van der Waals surface area contributed by atoms with E-state index in [4.69, 9.17) is 9.47 Å². The summed E-state index contributed by atoms with van der Waals surface area (Å²) in [7, 11) is 1.53. The summed E-state index contributed by atoms with van der Waals surface area (Å²) in [5.74, 6) is 0.596. The Kier molecular flexibility index (Phi) is 4.73. The minimum absolute atomic E-state index is 0.179. The minimum Gasteiger partial charge on any atom is -0.495 e. The molecule has 1 amide bonds. The topological polar surface area (TPSA) is 104 Å². The van der Waals surface area contributed by atoms with Crippen LogP contribution in [-0.4, -0.2) is 37.6 Å². The minimum atomic E-state index is -0.490. The van der Waals surface area contributed by atoms with Gasteiger partial charge in [0.2, 0.25) is 0 Å². The lowest BCUT2D eigenvalue weighted by atomic mass is 10.2. The van der Waals surface area contributed by atoms with Crippen molar-refractivity contribution in [2.24, 2.45) is 0 Å². The first-order valence-corrected chi connectivity index (χ1v) is 8.48. The maximum atomic E-state index is 13.4. The lowest BCUT2D eigenvalue weighted by Gasteiger charge is -2.10. The van der Waals surface area contributed by atoms with Crippen LogP contribution in [0.4, 0.5) is 10.2 Å². The van der Waals surface area contributed by atoms with Crippen LogP contribution < -0.4 is 14.8 Å². The number of aromatic nitrogens is 5. The van der Waals surface area contributed by atoms with E-state index in [0.717, 1.165) is 0 Å². The molecule has 146 valence electrons. The molecule has 0 saturated heterocycles. The van der Waals surface area contributed by atoms with Gasteiger partial charge in [-0.3, -0.25) is 14.2 Å². The number of ether oxygens (including phenoxy) is 2. The molecule has 10 heteroatoms. The maximum Gasteiger partial charge on any atom is 0.260 e. The van der Waals surface area contributed by atoms with E-state index in [1.807, 2.05) is 0 Å². The number of hydrogen-bond acceptors (Lipinski definition) is 7. The molecule has 0 unspecified atom stereocenters. The van der Waals surface area contributed by atoms with E-state index in [9.17, 15) is 9.18 Å². The number of halogens is 1. The van der Waals surface area contributed by atoms with Crippen LogP contribution in [0.15, 0.2) is 49.2 Å². The molecule has 0 bridgehead atoms. The molecule has 0 saturated carbocycles. The number of rotatable bonds is 5. The number of fused-ring (bicyclic) bond motifs is 1. The Morgan fingerprint density at radius 3 is 2.79 bits per heavy atom. The summed E-state index contributed by atoms with van der Waals surface area (Å²) >= 11 is 0. The van der Waals surface area contributed by atoms with E-state index in [-0.39, 0.29) is 17.1 Å². The number of amides is 1. The Bertz CT molecular complexity index is 1210. The van der Waals surface area contributed by atoms with Gasteiger partial charge in [0.05, 0.1) is 37.0 Å². The van der Waals surface area contributed by atoms with Gasteiger partial charge in [-0.15, -0.1) is 10.2 Å². The predicted molar refractivity (Wildman–Crippen MR) is 101 cm³/mol. The molecule has 1 N–H and O–H groups in total. The Labute approximate surface area is 164 Å². The molecule has 4 aromatic heterocycles. The van der Waals surface area contributed by atoms with E-state index in [1.54, 1.807) is 22.9 Å². The SMILES string of the molecule is COc1cncc(Oc2cc(C(=O)Nc3ccc(F)c(C)n3)c3nncn3c2)c1. The number of nitrogens with one attached hydrogen (secondary N) is 1. The number of hydrogen-bond donors (Lipinski definition) is 1. The van der Waals surface area contributed by atoms with Crippen LogP contribution in [0.25, 0.3) is 5.65 Å². The number of carbonyl (C=O) groups excluding carboxylic acids is 1. The first-order chi connectivity index (χ1) is 14.0. The predicted octanol–water partition coefficient (Wildman–Crippen LogP) is 3.02. The second-order valence-electron chi connectivity index (χ2n) is 6.03. The lowest BCUT2D eigenvalue weighted by Crippen LogP contribution is -2.15. The molecule has 4 heterocycles. The molecule has 9 nitrogen and oxygen atoms in total. The highest BCUT2D eigenvalue weighted by Crippen LogP contribution is 2.26. The van der Waals surface area contributed by atoms with Crippen molar-refractivity contribution in [3.05, 3.63) is 66.3 Å². The van der Waals surface area contributed by atoms with Crippen LogP contribution in [0.3, 0.4) is 0 Å². The number of anilines is 1. The van der Waals surface area contributed by atoms with Crippen LogP contribution in [0.2, 0.25) is 0 Å². The van der Waals surface area contributed by atoms with Crippen molar-refractivity contribution < 1.29 is 18.7 Å². The standard InChI is InChI=1S/C19H15FN6O3/c1-11-16(20)3-4-17(23-11)24-19(27)15-6-14(9-26-10-22-25-18(15)26)29-13-5-12(28-2)7-21-8-13/h3-10H,1-2H3,(H,23,24,27). The summed E-state index contributed by atoms with van der Waals surface area (Å²) in [5, 5.41) is 10.4. The summed E-state index contributed by atoms with van der Waals surface area (Å²) in [5.41, 5.74) is 0.718. The quantitative estimate of drug-likeness (QED) is 0.555. The van der Waals surface area contributed by atoms with Crippen molar-refractivity contribution in [1.29, 1.82) is 0 Å². The zero-order valence-electron chi connectivity index (χ0n) is 15.5. The Morgan fingerprint density at radius 1 is 1.17 bits per heavy atom. The van der Waals surface area contributed by atoms with Crippen molar-refractivity contribution in [3.63, 3.8) is 0 Å². The smallest absolute Gasteiger partial charge is 0.260 e. The van der Waals surface area contributed by atoms with Crippen molar-refractivity contribution in [3.8, 4) is 17.2 Å². The van der Waals surface area contributed by atoms with Crippen LogP contribution in [0.5, 0.6) is 17.2 Å². The summed E-state index contributed by atoms with van der Waals surface area (Å²) in [4.78, 5) is 20.9. The maximum absolute atomic E-state index is 13.4. The zero-order chi connectivity index (χ0) is 20.4. The molecule has 0 aliphatic rings. The van der Waals surface area contributed by atoms with Gasteiger partial charge in [0.1, 0.15) is 35.2 Å². The van der Waals surface area contributed by atoms with Crippen LogP contribution >= 0.6 is 0 Å². The van der Waals surface area contributed by atoms with E-state index < -0.39 is 11.7 Å². The number of nitrogens with zero attached hydrogens (tertiary/aromatic N) is 5. The molecular formula is C19H15FN6O3.